The summed E-state index contributed by atoms with van der Waals surface area (Å²) >= 11 is 0.918. The maximum atomic E-state index is 12.8. The van der Waals surface area contributed by atoms with Crippen molar-refractivity contribution in [3.63, 3.8) is 0 Å². The zero-order valence-corrected chi connectivity index (χ0v) is 11.7. The maximum absolute atomic E-state index is 12.8. The monoisotopic (exact) mass is 309 g/mol. The van der Waals surface area contributed by atoms with Gasteiger partial charge in [-0.1, -0.05) is 0 Å². The van der Waals surface area contributed by atoms with Crippen LogP contribution in [0.4, 0.5) is 13.2 Å². The Bertz CT molecular complexity index is 616. The molecule has 1 atom stereocenters. The highest BCUT2D eigenvalue weighted by molar-refractivity contribution is 7.84. The molecule has 0 spiro atoms. The van der Waals surface area contributed by atoms with E-state index in [-0.39, 0.29) is 10.6 Å². The second-order valence-electron chi connectivity index (χ2n) is 3.83. The largest absolute Gasteiger partial charge is 0.468 e. The molecule has 19 heavy (non-hydrogen) atoms. The predicted octanol–water partition coefficient (Wildman–Crippen LogP) is 3.68. The Kier molecular flexibility index (Phi) is 3.82. The van der Waals surface area contributed by atoms with Gasteiger partial charge in [-0.2, -0.15) is 13.2 Å². The van der Waals surface area contributed by atoms with Gasteiger partial charge in [0.1, 0.15) is 5.76 Å². The molecule has 0 unspecified atom stereocenters. The Morgan fingerprint density at radius 1 is 1.42 bits per heavy atom. The average molecular weight is 309 g/mol. The lowest BCUT2D eigenvalue weighted by molar-refractivity contribution is -0.141. The molecule has 2 heterocycles. The number of aryl methyl sites for hydroxylation is 2. The van der Waals surface area contributed by atoms with Crippen LogP contribution in [0.2, 0.25) is 0 Å². The molecule has 0 saturated carbocycles. The molecule has 0 aliphatic heterocycles. The van der Waals surface area contributed by atoms with Gasteiger partial charge >= 0.3 is 6.18 Å². The van der Waals surface area contributed by atoms with E-state index in [1.165, 1.54) is 19.3 Å². The van der Waals surface area contributed by atoms with Crippen LogP contribution in [0.3, 0.4) is 0 Å². The van der Waals surface area contributed by atoms with E-state index >= 15 is 0 Å². The molecule has 0 saturated heterocycles. The standard InChI is InChI=1S/C11H10F3NO2S2/c1-6-9(3-4-17-6)19(16)5-8-10(11(12,13)14)15-7(2)18-8/h3-4H,5H2,1-2H3/t19-/m0/s1. The highest BCUT2D eigenvalue weighted by Crippen LogP contribution is 2.35. The number of hydrogen-bond donors (Lipinski definition) is 0. The minimum absolute atomic E-state index is 0.0102. The molecule has 0 aliphatic carbocycles. The lowest BCUT2D eigenvalue weighted by atomic mass is 10.4. The minimum Gasteiger partial charge on any atom is -0.468 e. The highest BCUT2D eigenvalue weighted by atomic mass is 32.2. The van der Waals surface area contributed by atoms with Gasteiger partial charge in [0.05, 0.1) is 37.6 Å². The molecule has 0 fully saturated rings. The lowest BCUT2D eigenvalue weighted by Crippen LogP contribution is -2.10. The van der Waals surface area contributed by atoms with E-state index in [0.29, 0.717) is 15.7 Å². The van der Waals surface area contributed by atoms with Crippen LogP contribution in [0.25, 0.3) is 0 Å². The van der Waals surface area contributed by atoms with Gasteiger partial charge in [-0.15, -0.1) is 11.3 Å². The second-order valence-corrected chi connectivity index (χ2v) is 6.54. The Labute approximate surface area is 113 Å². The molecule has 104 valence electrons. The number of aromatic nitrogens is 1. The molecule has 2 aromatic heterocycles. The van der Waals surface area contributed by atoms with E-state index in [0.717, 1.165) is 11.3 Å². The number of nitrogens with zero attached hydrogens (tertiary/aromatic N) is 1. The molecule has 0 aliphatic rings. The van der Waals surface area contributed by atoms with Gasteiger partial charge in [0, 0.05) is 0 Å². The maximum Gasteiger partial charge on any atom is 0.434 e. The summed E-state index contributed by atoms with van der Waals surface area (Å²) in [6, 6.07) is 1.51. The molecule has 3 nitrogen and oxygen atoms in total. The van der Waals surface area contributed by atoms with Gasteiger partial charge in [-0.25, -0.2) is 4.98 Å². The van der Waals surface area contributed by atoms with Crippen molar-refractivity contribution in [1.82, 2.24) is 4.98 Å². The van der Waals surface area contributed by atoms with Gasteiger partial charge in [-0.3, -0.25) is 4.21 Å². The zero-order chi connectivity index (χ0) is 14.2. The van der Waals surface area contributed by atoms with Gasteiger partial charge in [-0.05, 0) is 19.9 Å². The normalized spacial score (nSPS) is 13.7. The number of rotatable bonds is 3. The first-order chi connectivity index (χ1) is 8.79. The van der Waals surface area contributed by atoms with E-state index in [9.17, 15) is 17.4 Å². The van der Waals surface area contributed by atoms with Crippen molar-refractivity contribution in [2.45, 2.75) is 30.7 Å². The van der Waals surface area contributed by atoms with Gasteiger partial charge in [0.15, 0.2) is 5.69 Å². The summed E-state index contributed by atoms with van der Waals surface area (Å²) in [4.78, 5) is 3.88. The fourth-order valence-electron chi connectivity index (χ4n) is 1.59. The van der Waals surface area contributed by atoms with Crippen molar-refractivity contribution in [2.24, 2.45) is 0 Å². The molecular formula is C11H10F3NO2S2. The third-order valence-corrected chi connectivity index (χ3v) is 5.01. The van der Waals surface area contributed by atoms with Crippen molar-refractivity contribution in [3.05, 3.63) is 33.7 Å². The zero-order valence-electron chi connectivity index (χ0n) is 10.1. The summed E-state index contributed by atoms with van der Waals surface area (Å²) in [5, 5.41) is 0.309. The lowest BCUT2D eigenvalue weighted by Gasteiger charge is -2.05. The van der Waals surface area contributed by atoms with Crippen LogP contribution in [0.15, 0.2) is 21.6 Å². The van der Waals surface area contributed by atoms with Crippen molar-refractivity contribution in [1.29, 1.82) is 0 Å². The van der Waals surface area contributed by atoms with Crippen LogP contribution < -0.4 is 0 Å². The average Bonchev–Trinajstić information content (AvgIpc) is 2.84. The third kappa shape index (κ3) is 3.06. The smallest absolute Gasteiger partial charge is 0.434 e. The Morgan fingerprint density at radius 3 is 2.63 bits per heavy atom. The summed E-state index contributed by atoms with van der Waals surface area (Å²) in [7, 11) is -1.57. The van der Waals surface area contributed by atoms with Crippen LogP contribution in [-0.2, 0) is 22.7 Å². The van der Waals surface area contributed by atoms with Crippen LogP contribution in [0, 0.1) is 13.8 Å². The molecule has 0 amide bonds. The number of hydrogen-bond acceptors (Lipinski definition) is 4. The SMILES string of the molecule is Cc1nc(C(F)(F)F)c(C[S@](=O)c2ccoc2C)s1. The van der Waals surface area contributed by atoms with Crippen molar-refractivity contribution < 1.29 is 21.8 Å². The van der Waals surface area contributed by atoms with Crippen LogP contribution >= 0.6 is 11.3 Å². The number of halogens is 3. The second kappa shape index (κ2) is 5.09. The van der Waals surface area contributed by atoms with E-state index < -0.39 is 22.7 Å². The van der Waals surface area contributed by atoms with Gasteiger partial charge in [0.25, 0.3) is 0 Å². The number of alkyl halides is 3. The van der Waals surface area contributed by atoms with E-state index in [1.807, 2.05) is 0 Å². The van der Waals surface area contributed by atoms with Crippen LogP contribution in [0.5, 0.6) is 0 Å². The van der Waals surface area contributed by atoms with Crippen LogP contribution in [-0.4, -0.2) is 9.19 Å². The molecule has 0 bridgehead atoms. The van der Waals surface area contributed by atoms with Gasteiger partial charge in [0.2, 0.25) is 0 Å². The fourth-order valence-corrected chi connectivity index (χ4v) is 4.01. The molecular weight excluding hydrogens is 299 g/mol. The quantitative estimate of drug-likeness (QED) is 0.868. The predicted molar refractivity (Wildman–Crippen MR) is 65.4 cm³/mol. The summed E-state index contributed by atoms with van der Waals surface area (Å²) < 4.78 is 55.3. The Hall–Kier alpha value is -1.15. The molecule has 2 rings (SSSR count). The first-order valence-electron chi connectivity index (χ1n) is 5.25. The summed E-state index contributed by atoms with van der Waals surface area (Å²) in [6.07, 6.45) is -3.15. The molecule has 8 heteroatoms. The Morgan fingerprint density at radius 2 is 2.11 bits per heavy atom. The van der Waals surface area contributed by atoms with E-state index in [2.05, 4.69) is 4.98 Å². The summed E-state index contributed by atoms with van der Waals surface area (Å²) in [5.41, 5.74) is -0.940. The molecule has 0 aromatic carbocycles. The number of thiazole rings is 1. The molecule has 0 N–H and O–H groups in total. The molecule has 0 radical (unpaired) electrons. The number of furan rings is 1. The van der Waals surface area contributed by atoms with Crippen molar-refractivity contribution in [3.8, 4) is 0 Å². The van der Waals surface area contributed by atoms with Crippen molar-refractivity contribution >= 4 is 22.1 Å². The minimum atomic E-state index is -4.52. The summed E-state index contributed by atoms with van der Waals surface area (Å²) in [5.74, 6) is 0.244. The first kappa shape index (κ1) is 14.3. The Balaban J connectivity index is 2.30. The van der Waals surface area contributed by atoms with E-state index in [4.69, 9.17) is 4.42 Å². The third-order valence-electron chi connectivity index (χ3n) is 2.39. The fraction of sp³-hybridized carbons (Fsp3) is 0.364. The van der Waals surface area contributed by atoms with Crippen LogP contribution in [0.1, 0.15) is 21.3 Å². The molecule has 2 aromatic rings. The highest BCUT2D eigenvalue weighted by Gasteiger charge is 2.37. The van der Waals surface area contributed by atoms with Gasteiger partial charge < -0.3 is 4.42 Å². The topological polar surface area (TPSA) is 43.1 Å². The summed E-state index contributed by atoms with van der Waals surface area (Å²) in [6.45, 7) is 3.12. The van der Waals surface area contributed by atoms with E-state index in [1.54, 1.807) is 6.92 Å². The first-order valence-corrected chi connectivity index (χ1v) is 7.38. The van der Waals surface area contributed by atoms with Crippen molar-refractivity contribution in [2.75, 3.05) is 0 Å².